The zero-order valence-corrected chi connectivity index (χ0v) is 21.3. The van der Waals surface area contributed by atoms with Crippen LogP contribution in [0.4, 0.5) is 10.1 Å². The van der Waals surface area contributed by atoms with Crippen LogP contribution in [-0.4, -0.2) is 45.1 Å². The van der Waals surface area contributed by atoms with E-state index in [0.29, 0.717) is 18.7 Å². The maximum atomic E-state index is 15.3. The number of halogens is 1. The van der Waals surface area contributed by atoms with E-state index >= 15 is 4.39 Å². The SMILES string of the molecule is CC(C)n1c(=O)n(CC2CC2)c(=O)c2cc(NC(=O)C3COCC3N3Cc4ccccc4C3=O)c(F)cc21. The zero-order chi connectivity index (χ0) is 26.7. The van der Waals surface area contributed by atoms with Gasteiger partial charge in [0.2, 0.25) is 5.91 Å². The van der Waals surface area contributed by atoms with Gasteiger partial charge in [-0.3, -0.25) is 23.5 Å². The number of hydrogen-bond acceptors (Lipinski definition) is 5. The van der Waals surface area contributed by atoms with E-state index in [2.05, 4.69) is 5.32 Å². The Morgan fingerprint density at radius 2 is 1.89 bits per heavy atom. The summed E-state index contributed by atoms with van der Waals surface area (Å²) in [4.78, 5) is 54.4. The Kier molecular flexibility index (Phi) is 5.94. The van der Waals surface area contributed by atoms with Gasteiger partial charge in [0, 0.05) is 30.8 Å². The van der Waals surface area contributed by atoms with Crippen LogP contribution in [0.5, 0.6) is 0 Å². The molecule has 2 fully saturated rings. The fourth-order valence-electron chi connectivity index (χ4n) is 5.58. The Labute approximate surface area is 217 Å². The van der Waals surface area contributed by atoms with Gasteiger partial charge in [0.1, 0.15) is 5.82 Å². The molecule has 2 unspecified atom stereocenters. The molecule has 6 rings (SSSR count). The highest BCUT2D eigenvalue weighted by atomic mass is 19.1. The number of ether oxygens (including phenoxy) is 1. The van der Waals surface area contributed by atoms with E-state index in [4.69, 9.17) is 4.74 Å². The van der Waals surface area contributed by atoms with Crippen LogP contribution in [0.3, 0.4) is 0 Å². The molecule has 1 aromatic heterocycles. The van der Waals surface area contributed by atoms with Gasteiger partial charge >= 0.3 is 5.69 Å². The summed E-state index contributed by atoms with van der Waals surface area (Å²) in [5.74, 6) is -1.82. The molecule has 10 heteroatoms. The minimum absolute atomic E-state index is 0.0902. The second kappa shape index (κ2) is 9.20. The molecule has 38 heavy (non-hydrogen) atoms. The first kappa shape index (κ1) is 24.5. The third-order valence-corrected chi connectivity index (χ3v) is 7.81. The second-order valence-electron chi connectivity index (χ2n) is 10.7. The molecule has 3 aromatic rings. The summed E-state index contributed by atoms with van der Waals surface area (Å²) in [6.07, 6.45) is 1.93. The fourth-order valence-corrected chi connectivity index (χ4v) is 5.58. The number of anilines is 1. The molecule has 1 saturated heterocycles. The predicted octanol–water partition coefficient (Wildman–Crippen LogP) is 2.90. The smallest absolute Gasteiger partial charge is 0.331 e. The van der Waals surface area contributed by atoms with Gasteiger partial charge in [0.25, 0.3) is 11.5 Å². The van der Waals surface area contributed by atoms with Crippen LogP contribution in [0.2, 0.25) is 0 Å². The molecule has 2 aliphatic heterocycles. The lowest BCUT2D eigenvalue weighted by Gasteiger charge is -2.27. The van der Waals surface area contributed by atoms with E-state index in [1.54, 1.807) is 30.9 Å². The molecule has 2 amide bonds. The molecule has 1 saturated carbocycles. The molecule has 0 spiro atoms. The van der Waals surface area contributed by atoms with Gasteiger partial charge in [-0.15, -0.1) is 0 Å². The maximum Gasteiger partial charge on any atom is 0.331 e. The van der Waals surface area contributed by atoms with E-state index in [9.17, 15) is 19.2 Å². The summed E-state index contributed by atoms with van der Waals surface area (Å²) in [6.45, 7) is 4.60. The van der Waals surface area contributed by atoms with Gasteiger partial charge in [-0.25, -0.2) is 9.18 Å². The monoisotopic (exact) mass is 520 g/mol. The lowest BCUT2D eigenvalue weighted by molar-refractivity contribution is -0.120. The van der Waals surface area contributed by atoms with Crippen LogP contribution in [0.15, 0.2) is 46.0 Å². The van der Waals surface area contributed by atoms with Gasteiger partial charge in [-0.05, 0) is 50.3 Å². The number of carbonyl (C=O) groups excluding carboxylic acids is 2. The largest absolute Gasteiger partial charge is 0.378 e. The maximum absolute atomic E-state index is 15.3. The third-order valence-electron chi connectivity index (χ3n) is 7.81. The number of rotatable bonds is 6. The lowest BCUT2D eigenvalue weighted by atomic mass is 10.0. The van der Waals surface area contributed by atoms with Crippen molar-refractivity contribution in [2.24, 2.45) is 11.8 Å². The molecule has 2 aromatic carbocycles. The lowest BCUT2D eigenvalue weighted by Crippen LogP contribution is -2.45. The highest BCUT2D eigenvalue weighted by molar-refractivity contribution is 6.00. The summed E-state index contributed by atoms with van der Waals surface area (Å²) >= 11 is 0. The van der Waals surface area contributed by atoms with E-state index in [0.717, 1.165) is 24.5 Å². The van der Waals surface area contributed by atoms with Gasteiger partial charge < -0.3 is 15.0 Å². The molecular formula is C28H29FN4O5. The first-order chi connectivity index (χ1) is 18.2. The molecular weight excluding hydrogens is 491 g/mol. The molecule has 1 aliphatic carbocycles. The van der Waals surface area contributed by atoms with Crippen molar-refractivity contribution in [1.82, 2.24) is 14.0 Å². The number of carbonyl (C=O) groups is 2. The van der Waals surface area contributed by atoms with E-state index in [1.165, 1.54) is 15.2 Å². The van der Waals surface area contributed by atoms with Crippen LogP contribution in [0, 0.1) is 17.7 Å². The Morgan fingerprint density at radius 1 is 1.13 bits per heavy atom. The number of hydrogen-bond donors (Lipinski definition) is 1. The number of amides is 2. The summed E-state index contributed by atoms with van der Waals surface area (Å²) in [6, 6.07) is 8.97. The molecule has 0 bridgehead atoms. The van der Waals surface area contributed by atoms with Gasteiger partial charge in [-0.2, -0.15) is 0 Å². The second-order valence-corrected chi connectivity index (χ2v) is 10.7. The van der Waals surface area contributed by atoms with Crippen LogP contribution in [0.25, 0.3) is 10.9 Å². The first-order valence-electron chi connectivity index (χ1n) is 13.0. The van der Waals surface area contributed by atoms with Gasteiger partial charge in [0.15, 0.2) is 0 Å². The van der Waals surface area contributed by atoms with E-state index in [1.807, 2.05) is 12.1 Å². The predicted molar refractivity (Wildman–Crippen MR) is 139 cm³/mol. The van der Waals surface area contributed by atoms with Crippen molar-refractivity contribution >= 4 is 28.4 Å². The molecule has 2 atom stereocenters. The number of fused-ring (bicyclic) bond motifs is 2. The normalized spacial score (nSPS) is 20.9. The van der Waals surface area contributed by atoms with Gasteiger partial charge in [0.05, 0.1) is 41.8 Å². The summed E-state index contributed by atoms with van der Waals surface area (Å²) in [5, 5.41) is 2.80. The van der Waals surface area contributed by atoms with Crippen molar-refractivity contribution in [3.63, 3.8) is 0 Å². The van der Waals surface area contributed by atoms with Crippen LogP contribution in [-0.2, 0) is 22.6 Å². The Balaban J connectivity index is 1.32. The Bertz CT molecular complexity index is 1590. The van der Waals surface area contributed by atoms with Crippen molar-refractivity contribution in [1.29, 1.82) is 0 Å². The van der Waals surface area contributed by atoms with Crippen LogP contribution in [0.1, 0.15) is 48.7 Å². The minimum atomic E-state index is -0.751. The van der Waals surface area contributed by atoms with Crippen molar-refractivity contribution in [2.75, 3.05) is 18.5 Å². The Hall–Kier alpha value is -3.79. The van der Waals surface area contributed by atoms with Crippen LogP contribution >= 0.6 is 0 Å². The van der Waals surface area contributed by atoms with E-state index in [-0.39, 0.29) is 47.7 Å². The minimum Gasteiger partial charge on any atom is -0.378 e. The molecule has 3 heterocycles. The van der Waals surface area contributed by atoms with Crippen molar-refractivity contribution < 1.29 is 18.7 Å². The quantitative estimate of drug-likeness (QED) is 0.539. The summed E-state index contributed by atoms with van der Waals surface area (Å²) in [7, 11) is 0. The number of nitrogens with one attached hydrogen (secondary N) is 1. The third kappa shape index (κ3) is 4.03. The number of benzene rings is 2. The topological polar surface area (TPSA) is 103 Å². The molecule has 198 valence electrons. The molecule has 1 N–H and O–H groups in total. The highest BCUT2D eigenvalue weighted by Crippen LogP contribution is 2.32. The summed E-state index contributed by atoms with van der Waals surface area (Å²) < 4.78 is 23.5. The standard InChI is InChI=1S/C28H29FN4O5/c1-15(2)33-23-10-21(29)22(9-19(23)27(36)32(28(33)37)11-16-7-8-16)30-25(34)20-13-38-14-24(20)31-12-17-5-3-4-6-18(17)26(31)35/h3-6,9-10,15-16,20,24H,7-8,11-14H2,1-2H3,(H,30,34). The average Bonchev–Trinajstić information content (AvgIpc) is 3.46. The summed E-state index contributed by atoms with van der Waals surface area (Å²) in [5.41, 5.74) is 0.600. The Morgan fingerprint density at radius 3 is 2.61 bits per heavy atom. The highest BCUT2D eigenvalue weighted by Gasteiger charge is 2.43. The van der Waals surface area contributed by atoms with E-state index < -0.39 is 34.9 Å². The first-order valence-corrected chi connectivity index (χ1v) is 13.0. The van der Waals surface area contributed by atoms with Crippen molar-refractivity contribution in [3.8, 4) is 0 Å². The molecule has 0 radical (unpaired) electrons. The van der Waals surface area contributed by atoms with Crippen molar-refractivity contribution in [2.45, 2.75) is 51.9 Å². The molecule has 3 aliphatic rings. The number of nitrogens with zero attached hydrogens (tertiary/aromatic N) is 3. The average molecular weight is 521 g/mol. The number of aromatic nitrogens is 2. The van der Waals surface area contributed by atoms with Crippen LogP contribution < -0.4 is 16.6 Å². The van der Waals surface area contributed by atoms with Crippen molar-refractivity contribution in [3.05, 3.63) is 74.2 Å². The zero-order valence-electron chi connectivity index (χ0n) is 21.3. The molecule has 9 nitrogen and oxygen atoms in total. The van der Waals surface area contributed by atoms with Gasteiger partial charge in [-0.1, -0.05) is 18.2 Å². The fraction of sp³-hybridized carbons (Fsp3) is 0.429.